The number of para-hydroxylation sites is 1. The van der Waals surface area contributed by atoms with E-state index in [0.717, 1.165) is 16.5 Å². The standard InChI is InChI=1S/C15H18N2O2/c1-10(2)15(19)17(3)9-11-8-14(18)16-13-7-5-4-6-12(11)13/h4-8,10H,9H2,1-3H3,(H,16,18). The molecular weight excluding hydrogens is 240 g/mol. The van der Waals surface area contributed by atoms with Crippen molar-refractivity contribution in [1.82, 2.24) is 9.88 Å². The van der Waals surface area contributed by atoms with Crippen molar-refractivity contribution in [3.8, 4) is 0 Å². The first kappa shape index (κ1) is 13.3. The summed E-state index contributed by atoms with van der Waals surface area (Å²) in [6.45, 7) is 4.19. The Labute approximate surface area is 112 Å². The molecule has 1 aromatic carbocycles. The lowest BCUT2D eigenvalue weighted by molar-refractivity contribution is -0.133. The molecule has 2 rings (SSSR count). The Balaban J connectivity index is 2.40. The number of carbonyl (C=O) groups excluding carboxylic acids is 1. The third-order valence-corrected chi connectivity index (χ3v) is 3.11. The van der Waals surface area contributed by atoms with Crippen LogP contribution >= 0.6 is 0 Å². The topological polar surface area (TPSA) is 53.2 Å². The van der Waals surface area contributed by atoms with E-state index >= 15 is 0 Å². The SMILES string of the molecule is CC(C)C(=O)N(C)Cc1cc(=O)[nH]c2ccccc12. The molecule has 4 heteroatoms. The van der Waals surface area contributed by atoms with Gasteiger partial charge in [0, 0.05) is 36.5 Å². The van der Waals surface area contributed by atoms with Crippen molar-refractivity contribution in [2.45, 2.75) is 20.4 Å². The van der Waals surface area contributed by atoms with Crippen LogP contribution in [-0.2, 0) is 11.3 Å². The Morgan fingerprint density at radius 3 is 2.68 bits per heavy atom. The Hall–Kier alpha value is -2.10. The minimum Gasteiger partial charge on any atom is -0.341 e. The second kappa shape index (κ2) is 5.26. The summed E-state index contributed by atoms with van der Waals surface area (Å²) in [7, 11) is 1.76. The second-order valence-corrected chi connectivity index (χ2v) is 5.05. The molecule has 0 aliphatic rings. The zero-order valence-electron chi connectivity index (χ0n) is 11.4. The Kier molecular flexibility index (Phi) is 3.69. The molecule has 0 spiro atoms. The van der Waals surface area contributed by atoms with E-state index in [1.54, 1.807) is 18.0 Å². The maximum atomic E-state index is 11.9. The average Bonchev–Trinajstić information content (AvgIpc) is 2.37. The number of H-pyrrole nitrogens is 1. The van der Waals surface area contributed by atoms with E-state index in [-0.39, 0.29) is 17.4 Å². The number of hydrogen-bond acceptors (Lipinski definition) is 2. The highest BCUT2D eigenvalue weighted by Gasteiger charge is 2.14. The summed E-state index contributed by atoms with van der Waals surface area (Å²) in [4.78, 5) is 28.0. The smallest absolute Gasteiger partial charge is 0.248 e. The summed E-state index contributed by atoms with van der Waals surface area (Å²) in [5, 5.41) is 0.977. The van der Waals surface area contributed by atoms with Crippen LogP contribution in [0.3, 0.4) is 0 Å². The molecule has 0 aliphatic heterocycles. The van der Waals surface area contributed by atoms with Gasteiger partial charge in [-0.1, -0.05) is 32.0 Å². The van der Waals surface area contributed by atoms with Crippen molar-refractivity contribution in [3.63, 3.8) is 0 Å². The number of fused-ring (bicyclic) bond motifs is 1. The van der Waals surface area contributed by atoms with Gasteiger partial charge in [-0.3, -0.25) is 9.59 Å². The molecule has 0 saturated carbocycles. The zero-order chi connectivity index (χ0) is 14.0. The third-order valence-electron chi connectivity index (χ3n) is 3.11. The molecule has 0 bridgehead atoms. The van der Waals surface area contributed by atoms with E-state index in [4.69, 9.17) is 0 Å². The van der Waals surface area contributed by atoms with Gasteiger partial charge in [0.15, 0.2) is 0 Å². The molecule has 0 fully saturated rings. The molecule has 1 amide bonds. The first-order chi connectivity index (χ1) is 8.99. The molecule has 19 heavy (non-hydrogen) atoms. The zero-order valence-corrected chi connectivity index (χ0v) is 11.4. The van der Waals surface area contributed by atoms with Crippen molar-refractivity contribution in [1.29, 1.82) is 0 Å². The van der Waals surface area contributed by atoms with E-state index in [0.29, 0.717) is 6.54 Å². The van der Waals surface area contributed by atoms with Crippen LogP contribution in [0.4, 0.5) is 0 Å². The van der Waals surface area contributed by atoms with E-state index in [2.05, 4.69) is 4.98 Å². The van der Waals surface area contributed by atoms with Crippen LogP contribution < -0.4 is 5.56 Å². The minimum absolute atomic E-state index is 0.0433. The minimum atomic E-state index is -0.140. The van der Waals surface area contributed by atoms with Gasteiger partial charge in [-0.15, -0.1) is 0 Å². The van der Waals surface area contributed by atoms with Crippen LogP contribution in [0.5, 0.6) is 0 Å². The highest BCUT2D eigenvalue weighted by molar-refractivity contribution is 5.83. The average molecular weight is 258 g/mol. The third kappa shape index (κ3) is 2.84. The van der Waals surface area contributed by atoms with Crippen LogP contribution in [0.2, 0.25) is 0 Å². The highest BCUT2D eigenvalue weighted by atomic mass is 16.2. The molecule has 0 aliphatic carbocycles. The van der Waals surface area contributed by atoms with E-state index in [9.17, 15) is 9.59 Å². The lowest BCUT2D eigenvalue weighted by atomic mass is 10.1. The predicted molar refractivity (Wildman–Crippen MR) is 75.9 cm³/mol. The van der Waals surface area contributed by atoms with Gasteiger partial charge < -0.3 is 9.88 Å². The molecule has 1 heterocycles. The van der Waals surface area contributed by atoms with Crippen molar-refractivity contribution < 1.29 is 4.79 Å². The monoisotopic (exact) mass is 258 g/mol. The Morgan fingerprint density at radius 2 is 2.00 bits per heavy atom. The molecular formula is C15H18N2O2. The van der Waals surface area contributed by atoms with Crippen molar-refractivity contribution in [3.05, 3.63) is 46.2 Å². The first-order valence-electron chi connectivity index (χ1n) is 6.35. The van der Waals surface area contributed by atoms with Crippen molar-refractivity contribution >= 4 is 16.8 Å². The number of benzene rings is 1. The summed E-state index contributed by atoms with van der Waals surface area (Å²) in [5.41, 5.74) is 1.53. The molecule has 100 valence electrons. The Bertz CT molecular complexity index is 658. The number of rotatable bonds is 3. The van der Waals surface area contributed by atoms with Gasteiger partial charge in [0.05, 0.1) is 0 Å². The number of aromatic nitrogens is 1. The van der Waals surface area contributed by atoms with Crippen molar-refractivity contribution in [2.24, 2.45) is 5.92 Å². The van der Waals surface area contributed by atoms with Crippen LogP contribution in [0.25, 0.3) is 10.9 Å². The van der Waals surface area contributed by atoms with Crippen LogP contribution in [0, 0.1) is 5.92 Å². The lowest BCUT2D eigenvalue weighted by Gasteiger charge is -2.20. The van der Waals surface area contributed by atoms with Crippen LogP contribution in [-0.4, -0.2) is 22.8 Å². The molecule has 4 nitrogen and oxygen atoms in total. The molecule has 1 aromatic heterocycles. The molecule has 2 aromatic rings. The fraction of sp³-hybridized carbons (Fsp3) is 0.333. The molecule has 0 radical (unpaired) electrons. The summed E-state index contributed by atoms with van der Waals surface area (Å²) >= 11 is 0. The normalized spacial score (nSPS) is 10.9. The second-order valence-electron chi connectivity index (χ2n) is 5.05. The predicted octanol–water partition coefficient (Wildman–Crippen LogP) is 2.14. The number of aromatic amines is 1. The summed E-state index contributed by atoms with van der Waals surface area (Å²) < 4.78 is 0. The first-order valence-corrected chi connectivity index (χ1v) is 6.35. The maximum Gasteiger partial charge on any atom is 0.248 e. The van der Waals surface area contributed by atoms with E-state index in [1.807, 2.05) is 38.1 Å². The number of nitrogens with one attached hydrogen (secondary N) is 1. The number of amides is 1. The van der Waals surface area contributed by atoms with Gasteiger partial charge >= 0.3 is 0 Å². The quantitative estimate of drug-likeness (QED) is 0.917. The van der Waals surface area contributed by atoms with Crippen LogP contribution in [0.1, 0.15) is 19.4 Å². The highest BCUT2D eigenvalue weighted by Crippen LogP contribution is 2.16. The van der Waals surface area contributed by atoms with E-state index < -0.39 is 0 Å². The van der Waals surface area contributed by atoms with Gasteiger partial charge in [0.2, 0.25) is 11.5 Å². The molecule has 1 N–H and O–H groups in total. The van der Waals surface area contributed by atoms with Gasteiger partial charge in [0.1, 0.15) is 0 Å². The van der Waals surface area contributed by atoms with Gasteiger partial charge in [-0.25, -0.2) is 0 Å². The molecule has 0 saturated heterocycles. The number of nitrogens with zero attached hydrogens (tertiary/aromatic N) is 1. The fourth-order valence-corrected chi connectivity index (χ4v) is 2.18. The summed E-state index contributed by atoms with van der Waals surface area (Å²) in [5.74, 6) is 0.0302. The number of pyridine rings is 1. The fourth-order valence-electron chi connectivity index (χ4n) is 2.18. The number of carbonyl (C=O) groups is 1. The molecule has 0 unspecified atom stereocenters. The molecule has 0 atom stereocenters. The summed E-state index contributed by atoms with van der Waals surface area (Å²) in [6.07, 6.45) is 0. The van der Waals surface area contributed by atoms with Gasteiger partial charge in [-0.05, 0) is 11.6 Å². The maximum absolute atomic E-state index is 11.9. The van der Waals surface area contributed by atoms with Crippen LogP contribution in [0.15, 0.2) is 35.1 Å². The Morgan fingerprint density at radius 1 is 1.32 bits per heavy atom. The van der Waals surface area contributed by atoms with Gasteiger partial charge in [-0.2, -0.15) is 0 Å². The largest absolute Gasteiger partial charge is 0.341 e. The van der Waals surface area contributed by atoms with E-state index in [1.165, 1.54) is 0 Å². The lowest BCUT2D eigenvalue weighted by Crippen LogP contribution is -2.30. The van der Waals surface area contributed by atoms with Crippen molar-refractivity contribution in [2.75, 3.05) is 7.05 Å². The number of hydrogen-bond donors (Lipinski definition) is 1. The van der Waals surface area contributed by atoms with Gasteiger partial charge in [0.25, 0.3) is 0 Å². The summed E-state index contributed by atoms with van der Waals surface area (Å²) in [6, 6.07) is 9.19.